The molecule has 0 radical (unpaired) electrons. The third-order valence-corrected chi connectivity index (χ3v) is 6.28. The van der Waals surface area contributed by atoms with Crippen molar-refractivity contribution < 1.29 is 9.90 Å². The van der Waals surface area contributed by atoms with E-state index in [0.717, 1.165) is 62.3 Å². The highest BCUT2D eigenvalue weighted by molar-refractivity contribution is 5.91. The molecule has 2 fully saturated rings. The summed E-state index contributed by atoms with van der Waals surface area (Å²) in [7, 11) is 6.05. The van der Waals surface area contributed by atoms with E-state index in [4.69, 9.17) is 4.98 Å². The number of aromatic nitrogens is 2. The van der Waals surface area contributed by atoms with Gasteiger partial charge in [-0.05, 0) is 60.0 Å². The first-order valence-corrected chi connectivity index (χ1v) is 9.99. The summed E-state index contributed by atoms with van der Waals surface area (Å²) >= 11 is 0. The van der Waals surface area contributed by atoms with Crippen molar-refractivity contribution in [3.63, 3.8) is 0 Å². The van der Waals surface area contributed by atoms with Crippen LogP contribution >= 0.6 is 0 Å². The zero-order chi connectivity index (χ0) is 19.7. The maximum absolute atomic E-state index is 13.0. The molecule has 0 bridgehead atoms. The van der Waals surface area contributed by atoms with Crippen LogP contribution in [0, 0.1) is 13.8 Å². The standard InChI is InChI=1S/C20H33N5O2/c1-13-14(2)21-18(20(27)24(5)15-6-8-17(26)9-7-15)22-19(13)25-11-10-16(12-25)23(3)4/h15-17,26H,6-12H2,1-5H3/t15?,16-,17?/m1/s1. The van der Waals surface area contributed by atoms with E-state index in [0.29, 0.717) is 6.04 Å². The highest BCUT2D eigenvalue weighted by Crippen LogP contribution is 2.27. The van der Waals surface area contributed by atoms with Gasteiger partial charge in [0, 0.05) is 43.5 Å². The van der Waals surface area contributed by atoms with Crippen LogP contribution in [0.2, 0.25) is 0 Å². The number of amides is 1. The number of likely N-dealkylation sites (N-methyl/N-ethyl adjacent to an activating group) is 1. The van der Waals surface area contributed by atoms with E-state index < -0.39 is 0 Å². The quantitative estimate of drug-likeness (QED) is 0.862. The van der Waals surface area contributed by atoms with Gasteiger partial charge in [-0.15, -0.1) is 0 Å². The molecule has 7 heteroatoms. The van der Waals surface area contributed by atoms with Crippen molar-refractivity contribution in [1.82, 2.24) is 19.8 Å². The predicted molar refractivity (Wildman–Crippen MR) is 106 cm³/mol. The minimum atomic E-state index is -0.228. The number of aryl methyl sites for hydroxylation is 1. The Labute approximate surface area is 162 Å². The molecule has 7 nitrogen and oxygen atoms in total. The van der Waals surface area contributed by atoms with E-state index in [-0.39, 0.29) is 23.9 Å². The minimum Gasteiger partial charge on any atom is -0.393 e. The first-order valence-electron chi connectivity index (χ1n) is 9.99. The number of carbonyl (C=O) groups excluding carboxylic acids is 1. The van der Waals surface area contributed by atoms with Crippen LogP contribution in [0.25, 0.3) is 0 Å². The maximum atomic E-state index is 13.0. The van der Waals surface area contributed by atoms with Crippen molar-refractivity contribution in [2.45, 2.75) is 64.1 Å². The smallest absolute Gasteiger partial charge is 0.291 e. The van der Waals surface area contributed by atoms with Crippen molar-refractivity contribution in [3.8, 4) is 0 Å². The number of hydrogen-bond donors (Lipinski definition) is 1. The van der Waals surface area contributed by atoms with Gasteiger partial charge in [-0.3, -0.25) is 4.79 Å². The fourth-order valence-corrected chi connectivity index (χ4v) is 4.14. The van der Waals surface area contributed by atoms with E-state index in [1.165, 1.54) is 0 Å². The minimum absolute atomic E-state index is 0.121. The van der Waals surface area contributed by atoms with Gasteiger partial charge in [0.25, 0.3) is 5.91 Å². The van der Waals surface area contributed by atoms with E-state index in [1.807, 2.05) is 20.9 Å². The molecule has 2 heterocycles. The number of anilines is 1. The highest BCUT2D eigenvalue weighted by atomic mass is 16.3. The second kappa shape index (κ2) is 8.10. The van der Waals surface area contributed by atoms with E-state index in [2.05, 4.69) is 28.9 Å². The van der Waals surface area contributed by atoms with Gasteiger partial charge in [0.2, 0.25) is 5.82 Å². The number of nitrogens with zero attached hydrogens (tertiary/aromatic N) is 5. The lowest BCUT2D eigenvalue weighted by Crippen LogP contribution is -2.41. The molecule has 1 aromatic rings. The van der Waals surface area contributed by atoms with Gasteiger partial charge in [0.1, 0.15) is 5.82 Å². The Morgan fingerprint density at radius 1 is 1.04 bits per heavy atom. The number of aliphatic hydroxyl groups excluding tert-OH is 1. The van der Waals surface area contributed by atoms with Crippen molar-refractivity contribution >= 4 is 11.7 Å². The van der Waals surface area contributed by atoms with Gasteiger partial charge in [-0.25, -0.2) is 9.97 Å². The molecule has 1 aromatic heterocycles. The van der Waals surface area contributed by atoms with Crippen LogP contribution in [0.5, 0.6) is 0 Å². The molecule has 2 aliphatic rings. The van der Waals surface area contributed by atoms with Gasteiger partial charge in [0.15, 0.2) is 0 Å². The van der Waals surface area contributed by atoms with E-state index >= 15 is 0 Å². The first-order chi connectivity index (χ1) is 12.8. The van der Waals surface area contributed by atoms with Crippen molar-refractivity contribution in [1.29, 1.82) is 0 Å². The summed E-state index contributed by atoms with van der Waals surface area (Å²) in [6, 6.07) is 0.662. The zero-order valence-corrected chi connectivity index (χ0v) is 17.3. The molecule has 1 amide bonds. The topological polar surface area (TPSA) is 72.8 Å². The highest BCUT2D eigenvalue weighted by Gasteiger charge is 2.30. The van der Waals surface area contributed by atoms with Crippen molar-refractivity contribution in [2.24, 2.45) is 0 Å². The van der Waals surface area contributed by atoms with Crippen LogP contribution in [0.1, 0.15) is 54.0 Å². The Bertz CT molecular complexity index is 685. The van der Waals surface area contributed by atoms with Crippen LogP contribution < -0.4 is 4.90 Å². The third kappa shape index (κ3) is 4.24. The number of aliphatic hydroxyl groups is 1. The molecule has 0 unspecified atom stereocenters. The van der Waals surface area contributed by atoms with Gasteiger partial charge in [-0.2, -0.15) is 0 Å². The Hall–Kier alpha value is -1.73. The van der Waals surface area contributed by atoms with Crippen LogP contribution in [0.15, 0.2) is 0 Å². The second-order valence-electron chi connectivity index (χ2n) is 8.31. The monoisotopic (exact) mass is 375 g/mol. The Morgan fingerprint density at radius 3 is 2.30 bits per heavy atom. The molecule has 27 heavy (non-hydrogen) atoms. The molecule has 0 spiro atoms. The van der Waals surface area contributed by atoms with E-state index in [9.17, 15) is 9.90 Å². The summed E-state index contributed by atoms with van der Waals surface area (Å²) in [6.07, 6.45) is 4.04. The largest absolute Gasteiger partial charge is 0.393 e. The molecule has 1 saturated heterocycles. The molecule has 1 aliphatic heterocycles. The Morgan fingerprint density at radius 2 is 1.70 bits per heavy atom. The maximum Gasteiger partial charge on any atom is 0.291 e. The fraction of sp³-hybridized carbons (Fsp3) is 0.750. The molecular weight excluding hydrogens is 342 g/mol. The predicted octanol–water partition coefficient (Wildman–Crippen LogP) is 1.61. The molecule has 0 aromatic carbocycles. The van der Waals surface area contributed by atoms with Crippen LogP contribution in [0.4, 0.5) is 5.82 Å². The van der Waals surface area contributed by atoms with Crippen LogP contribution in [-0.4, -0.2) is 83.2 Å². The summed E-state index contributed by atoms with van der Waals surface area (Å²) in [6.45, 7) is 5.86. The molecule has 1 atom stereocenters. The average molecular weight is 376 g/mol. The lowest BCUT2D eigenvalue weighted by molar-refractivity contribution is 0.0559. The number of rotatable bonds is 4. The van der Waals surface area contributed by atoms with Gasteiger partial charge in [0.05, 0.1) is 6.10 Å². The van der Waals surface area contributed by atoms with Crippen LogP contribution in [-0.2, 0) is 0 Å². The SMILES string of the molecule is Cc1nc(C(=O)N(C)C2CCC(O)CC2)nc(N2CC[C@@H](N(C)C)C2)c1C. The number of carbonyl (C=O) groups is 1. The summed E-state index contributed by atoms with van der Waals surface area (Å²) in [5.74, 6) is 1.06. The molecular formula is C20H33N5O2. The molecule has 150 valence electrons. The average Bonchev–Trinajstić information content (AvgIpc) is 3.13. The first kappa shape index (κ1) is 20.0. The van der Waals surface area contributed by atoms with Crippen LogP contribution in [0.3, 0.4) is 0 Å². The summed E-state index contributed by atoms with van der Waals surface area (Å²) in [5.41, 5.74) is 1.92. The second-order valence-corrected chi connectivity index (χ2v) is 8.31. The lowest BCUT2D eigenvalue weighted by atomic mass is 9.92. The van der Waals surface area contributed by atoms with Gasteiger partial charge in [-0.1, -0.05) is 0 Å². The van der Waals surface area contributed by atoms with Gasteiger partial charge < -0.3 is 19.8 Å². The van der Waals surface area contributed by atoms with Crippen molar-refractivity contribution in [2.75, 3.05) is 39.1 Å². The third-order valence-electron chi connectivity index (χ3n) is 6.28. The van der Waals surface area contributed by atoms with E-state index in [1.54, 1.807) is 4.90 Å². The van der Waals surface area contributed by atoms with Crippen molar-refractivity contribution in [3.05, 3.63) is 17.1 Å². The molecule has 1 N–H and O–H groups in total. The normalized spacial score (nSPS) is 25.9. The molecule has 1 aliphatic carbocycles. The summed E-state index contributed by atoms with van der Waals surface area (Å²) < 4.78 is 0. The fourth-order valence-electron chi connectivity index (χ4n) is 4.14. The lowest BCUT2D eigenvalue weighted by Gasteiger charge is -2.33. The van der Waals surface area contributed by atoms with Gasteiger partial charge >= 0.3 is 0 Å². The zero-order valence-electron chi connectivity index (χ0n) is 17.3. The summed E-state index contributed by atoms with van der Waals surface area (Å²) in [4.78, 5) is 28.5. The molecule has 1 saturated carbocycles. The molecule has 3 rings (SSSR count). The Kier molecular flexibility index (Phi) is 6.01. The Balaban J connectivity index is 1.80. The number of hydrogen-bond acceptors (Lipinski definition) is 6. The summed E-state index contributed by atoms with van der Waals surface area (Å²) in [5, 5.41) is 9.71.